The van der Waals surface area contributed by atoms with Crippen LogP contribution in [-0.4, -0.2) is 32.7 Å². The third-order valence-corrected chi connectivity index (χ3v) is 6.04. The highest BCUT2D eigenvalue weighted by Gasteiger charge is 2.52. The molecule has 1 aromatic heterocycles. The summed E-state index contributed by atoms with van der Waals surface area (Å²) in [5.74, 6) is -1.45. The highest BCUT2D eigenvalue weighted by molar-refractivity contribution is 6.27. The van der Waals surface area contributed by atoms with Crippen molar-refractivity contribution in [2.24, 2.45) is 0 Å². The van der Waals surface area contributed by atoms with Gasteiger partial charge in [-0.15, -0.1) is 0 Å². The number of carbonyl (C=O) groups excluding carboxylic acids is 2. The van der Waals surface area contributed by atoms with Gasteiger partial charge < -0.3 is 15.0 Å². The number of H-pyrrole nitrogens is 1. The average molecular weight is 426 g/mol. The SMILES string of the molecule is C/C(O)=C1\C(=O)[C@@H]2Cc3c([nH]c4ccccc34)[C@@H](c3ccc(C(F)(F)F)cc3)N2C1=O. The number of benzene rings is 2. The van der Waals surface area contributed by atoms with Gasteiger partial charge in [0.1, 0.15) is 17.4 Å². The van der Waals surface area contributed by atoms with Crippen molar-refractivity contribution in [2.45, 2.75) is 31.6 Å². The van der Waals surface area contributed by atoms with Crippen LogP contribution in [0.15, 0.2) is 59.9 Å². The molecule has 31 heavy (non-hydrogen) atoms. The molecule has 2 aromatic carbocycles. The van der Waals surface area contributed by atoms with Crippen LogP contribution >= 0.6 is 0 Å². The van der Waals surface area contributed by atoms with E-state index >= 15 is 0 Å². The molecule has 1 saturated heterocycles. The second-order valence-corrected chi connectivity index (χ2v) is 7.84. The molecule has 5 rings (SSSR count). The summed E-state index contributed by atoms with van der Waals surface area (Å²) in [5.41, 5.74) is 1.71. The number of ketones is 1. The molecule has 0 spiro atoms. The molecule has 2 atom stereocenters. The average Bonchev–Trinajstić information content (AvgIpc) is 3.21. The van der Waals surface area contributed by atoms with Crippen LogP contribution in [0.2, 0.25) is 0 Å². The maximum atomic E-state index is 13.1. The van der Waals surface area contributed by atoms with Crippen LogP contribution in [0.25, 0.3) is 10.9 Å². The number of fused-ring (bicyclic) bond motifs is 4. The molecular weight excluding hydrogens is 409 g/mol. The van der Waals surface area contributed by atoms with Crippen molar-refractivity contribution >= 4 is 22.6 Å². The molecule has 3 heterocycles. The lowest BCUT2D eigenvalue weighted by molar-refractivity contribution is -0.137. The Bertz CT molecular complexity index is 1270. The van der Waals surface area contributed by atoms with E-state index in [1.807, 2.05) is 24.3 Å². The summed E-state index contributed by atoms with van der Waals surface area (Å²) >= 11 is 0. The summed E-state index contributed by atoms with van der Waals surface area (Å²) in [6.07, 6.45) is -4.22. The number of allylic oxidation sites excluding steroid dienone is 1. The van der Waals surface area contributed by atoms with E-state index < -0.39 is 35.5 Å². The quantitative estimate of drug-likeness (QED) is 0.343. The van der Waals surface area contributed by atoms with Gasteiger partial charge in [0, 0.05) is 23.0 Å². The fourth-order valence-corrected chi connectivity index (χ4v) is 4.68. The molecule has 0 radical (unpaired) electrons. The molecule has 2 aliphatic rings. The van der Waals surface area contributed by atoms with Crippen LogP contribution in [0, 0.1) is 0 Å². The first kappa shape index (κ1) is 19.4. The minimum atomic E-state index is -4.48. The molecular formula is C23H17F3N2O3. The molecule has 3 aromatic rings. The van der Waals surface area contributed by atoms with E-state index in [2.05, 4.69) is 4.98 Å². The normalized spacial score (nSPS) is 22.6. The summed E-state index contributed by atoms with van der Waals surface area (Å²) in [5, 5.41) is 10.8. The Balaban J connectivity index is 1.73. The molecule has 2 aliphatic heterocycles. The van der Waals surface area contributed by atoms with E-state index in [1.165, 1.54) is 24.0 Å². The number of hydrogen-bond acceptors (Lipinski definition) is 3. The number of amides is 1. The molecule has 1 amide bonds. The highest BCUT2D eigenvalue weighted by atomic mass is 19.4. The smallest absolute Gasteiger partial charge is 0.416 e. The number of rotatable bonds is 1. The number of Topliss-reactive ketones (excluding diaryl/α,β-unsaturated/α-hetero) is 1. The number of halogens is 3. The fourth-order valence-electron chi connectivity index (χ4n) is 4.68. The van der Waals surface area contributed by atoms with Crippen LogP contribution in [0.1, 0.15) is 35.3 Å². The largest absolute Gasteiger partial charge is 0.512 e. The number of aromatic amines is 1. The van der Waals surface area contributed by atoms with Crippen LogP contribution < -0.4 is 0 Å². The van der Waals surface area contributed by atoms with Crippen molar-refractivity contribution in [1.29, 1.82) is 0 Å². The monoisotopic (exact) mass is 426 g/mol. The Labute approximate surface area is 174 Å². The van der Waals surface area contributed by atoms with E-state index in [1.54, 1.807) is 0 Å². The molecule has 158 valence electrons. The number of para-hydroxylation sites is 1. The van der Waals surface area contributed by atoms with E-state index in [0.717, 1.165) is 28.6 Å². The first-order chi connectivity index (χ1) is 14.7. The molecule has 5 nitrogen and oxygen atoms in total. The molecule has 0 aliphatic carbocycles. The zero-order valence-corrected chi connectivity index (χ0v) is 16.3. The van der Waals surface area contributed by atoms with Crippen molar-refractivity contribution in [2.75, 3.05) is 0 Å². The lowest BCUT2D eigenvalue weighted by Crippen LogP contribution is -2.44. The number of hydrogen-bond donors (Lipinski definition) is 2. The van der Waals surface area contributed by atoms with Crippen molar-refractivity contribution in [1.82, 2.24) is 9.88 Å². The lowest BCUT2D eigenvalue weighted by atomic mass is 9.88. The second-order valence-electron chi connectivity index (χ2n) is 7.84. The summed E-state index contributed by atoms with van der Waals surface area (Å²) < 4.78 is 39.2. The summed E-state index contributed by atoms with van der Waals surface area (Å²) in [6.45, 7) is 1.28. The van der Waals surface area contributed by atoms with Gasteiger partial charge >= 0.3 is 6.18 Å². The summed E-state index contributed by atoms with van der Waals surface area (Å²) in [6, 6.07) is 10.5. The number of nitrogens with zero attached hydrogens (tertiary/aromatic N) is 1. The van der Waals surface area contributed by atoms with Crippen LogP contribution in [0.5, 0.6) is 0 Å². The van der Waals surface area contributed by atoms with Gasteiger partial charge in [-0.1, -0.05) is 30.3 Å². The number of nitrogens with one attached hydrogen (secondary N) is 1. The molecule has 0 unspecified atom stereocenters. The predicted molar refractivity (Wildman–Crippen MR) is 106 cm³/mol. The second kappa shape index (κ2) is 6.47. The highest BCUT2D eigenvalue weighted by Crippen LogP contribution is 2.45. The Morgan fingerprint density at radius 2 is 1.77 bits per heavy atom. The zero-order valence-electron chi connectivity index (χ0n) is 16.3. The standard InChI is InChI=1S/C23H17F3N2O3/c1-11(29)18-21(30)17-10-15-14-4-2-3-5-16(14)27-19(15)20(28(17)22(18)31)12-6-8-13(9-7-12)23(24,25)26/h2-9,17,20,27,29H,10H2,1H3/b18-11-/t17-,20+/m0/s1. The summed E-state index contributed by atoms with van der Waals surface area (Å²) in [7, 11) is 0. The zero-order chi connectivity index (χ0) is 22.1. The maximum absolute atomic E-state index is 13.1. The Morgan fingerprint density at radius 3 is 2.42 bits per heavy atom. The molecule has 8 heteroatoms. The third kappa shape index (κ3) is 2.78. The van der Waals surface area contributed by atoms with E-state index in [-0.39, 0.29) is 17.8 Å². The van der Waals surface area contributed by atoms with Gasteiger partial charge in [-0.3, -0.25) is 9.59 Å². The number of alkyl halides is 3. The van der Waals surface area contributed by atoms with Crippen LogP contribution in [0.3, 0.4) is 0 Å². The van der Waals surface area contributed by atoms with Gasteiger partial charge in [0.2, 0.25) is 0 Å². The number of aliphatic hydroxyl groups excluding tert-OH is 1. The van der Waals surface area contributed by atoms with Gasteiger partial charge in [0.25, 0.3) is 5.91 Å². The van der Waals surface area contributed by atoms with Gasteiger partial charge in [-0.05, 0) is 36.2 Å². The van der Waals surface area contributed by atoms with Crippen molar-refractivity contribution < 1.29 is 27.9 Å². The van der Waals surface area contributed by atoms with Gasteiger partial charge in [-0.25, -0.2) is 0 Å². The van der Waals surface area contributed by atoms with E-state index in [4.69, 9.17) is 0 Å². The van der Waals surface area contributed by atoms with Crippen LogP contribution in [-0.2, 0) is 22.2 Å². The van der Waals surface area contributed by atoms with Crippen LogP contribution in [0.4, 0.5) is 13.2 Å². The first-order valence-electron chi connectivity index (χ1n) is 9.72. The van der Waals surface area contributed by atoms with Crippen molar-refractivity contribution in [3.63, 3.8) is 0 Å². The Morgan fingerprint density at radius 1 is 1.10 bits per heavy atom. The van der Waals surface area contributed by atoms with Crippen molar-refractivity contribution in [3.05, 3.63) is 82.2 Å². The molecule has 0 bridgehead atoms. The van der Waals surface area contributed by atoms with Gasteiger partial charge in [-0.2, -0.15) is 13.2 Å². The summed E-state index contributed by atoms with van der Waals surface area (Å²) in [4.78, 5) is 30.8. The molecule has 1 fully saturated rings. The topological polar surface area (TPSA) is 73.4 Å². The third-order valence-electron chi connectivity index (χ3n) is 6.04. The Hall–Kier alpha value is -3.55. The van der Waals surface area contributed by atoms with E-state index in [9.17, 15) is 27.9 Å². The lowest BCUT2D eigenvalue weighted by Gasteiger charge is -2.37. The Kier molecular flexibility index (Phi) is 4.05. The van der Waals surface area contributed by atoms with Gasteiger partial charge in [0.05, 0.1) is 11.6 Å². The predicted octanol–water partition coefficient (Wildman–Crippen LogP) is 4.44. The fraction of sp³-hybridized carbons (Fsp3) is 0.217. The minimum absolute atomic E-state index is 0.262. The molecule has 0 saturated carbocycles. The first-order valence-corrected chi connectivity index (χ1v) is 9.72. The number of aliphatic hydroxyl groups is 1. The number of carbonyl (C=O) groups is 2. The van der Waals surface area contributed by atoms with Gasteiger partial charge in [0.15, 0.2) is 5.78 Å². The minimum Gasteiger partial charge on any atom is -0.512 e. The number of aromatic nitrogens is 1. The van der Waals surface area contributed by atoms with Crippen molar-refractivity contribution in [3.8, 4) is 0 Å². The molecule has 2 N–H and O–H groups in total. The van der Waals surface area contributed by atoms with E-state index in [0.29, 0.717) is 11.3 Å². The maximum Gasteiger partial charge on any atom is 0.416 e.